The minimum atomic E-state index is -4.23. The van der Waals surface area contributed by atoms with E-state index in [1.807, 2.05) is 0 Å². The van der Waals surface area contributed by atoms with Crippen LogP contribution < -0.4 is 5.32 Å². The fourth-order valence-corrected chi connectivity index (χ4v) is 2.41. The van der Waals surface area contributed by atoms with Crippen LogP contribution >= 0.6 is 0 Å². The van der Waals surface area contributed by atoms with Crippen molar-refractivity contribution in [2.75, 3.05) is 6.54 Å². The lowest BCUT2D eigenvalue weighted by molar-refractivity contribution is -0.156. The quantitative estimate of drug-likeness (QED) is 0.837. The van der Waals surface area contributed by atoms with Crippen molar-refractivity contribution in [2.24, 2.45) is 5.92 Å². The Labute approximate surface area is 117 Å². The van der Waals surface area contributed by atoms with Crippen molar-refractivity contribution in [1.82, 2.24) is 10.3 Å². The summed E-state index contributed by atoms with van der Waals surface area (Å²) in [4.78, 5) is 3.83. The smallest absolute Gasteiger partial charge is 0.306 e. The maximum absolute atomic E-state index is 13.1. The van der Waals surface area contributed by atoms with Gasteiger partial charge in [0.2, 0.25) is 0 Å². The molecule has 0 amide bonds. The zero-order valence-corrected chi connectivity index (χ0v) is 11.2. The van der Waals surface area contributed by atoms with Gasteiger partial charge in [-0.3, -0.25) is 4.98 Å². The van der Waals surface area contributed by atoms with E-state index >= 15 is 0 Å². The van der Waals surface area contributed by atoms with Gasteiger partial charge in [0.05, 0.1) is 0 Å². The highest BCUT2D eigenvalue weighted by atomic mass is 19.4. The Kier molecular flexibility index (Phi) is 5.17. The predicted molar refractivity (Wildman–Crippen MR) is 72.3 cm³/mol. The minimum absolute atomic E-state index is 0.0470. The zero-order valence-electron chi connectivity index (χ0n) is 11.2. The first-order valence-electron chi connectivity index (χ1n) is 6.89. The van der Waals surface area contributed by atoms with E-state index in [9.17, 15) is 13.2 Å². The van der Waals surface area contributed by atoms with Crippen LogP contribution in [0, 0.1) is 5.92 Å². The molecule has 20 heavy (non-hydrogen) atoms. The molecule has 2 atom stereocenters. The average Bonchev–Trinajstić information content (AvgIpc) is 2.44. The molecule has 1 heterocycles. The molecule has 2 rings (SSSR count). The highest BCUT2D eigenvalue weighted by Crippen LogP contribution is 2.24. The van der Waals surface area contributed by atoms with Gasteiger partial charge in [0, 0.05) is 12.4 Å². The van der Waals surface area contributed by atoms with Crippen molar-refractivity contribution in [3.8, 4) is 0 Å². The average molecular weight is 284 g/mol. The van der Waals surface area contributed by atoms with Crippen molar-refractivity contribution in [3.05, 3.63) is 42.2 Å². The number of nitrogens with zero attached hydrogens (tertiary/aromatic N) is 1. The molecule has 5 heteroatoms. The van der Waals surface area contributed by atoms with Crippen LogP contribution in [-0.2, 0) is 6.42 Å². The Morgan fingerprint density at radius 1 is 1.25 bits per heavy atom. The standard InChI is InChI=1S/C15H19F3N2/c16-15(17,18)14(10-12-6-8-19-9-7-12)20-11-13-4-2-1-3-5-13/h1-2,6-9,13-14,20H,3-5,10-11H2/t13-,14-/m0/s1. The van der Waals surface area contributed by atoms with E-state index in [-0.39, 0.29) is 6.42 Å². The lowest BCUT2D eigenvalue weighted by Crippen LogP contribution is -2.45. The summed E-state index contributed by atoms with van der Waals surface area (Å²) in [6, 6.07) is 1.77. The lowest BCUT2D eigenvalue weighted by atomic mass is 9.94. The highest BCUT2D eigenvalue weighted by molar-refractivity contribution is 5.12. The second-order valence-electron chi connectivity index (χ2n) is 5.21. The molecule has 0 aliphatic heterocycles. The van der Waals surface area contributed by atoms with E-state index in [0.717, 1.165) is 19.3 Å². The maximum Gasteiger partial charge on any atom is 0.404 e. The van der Waals surface area contributed by atoms with E-state index in [4.69, 9.17) is 0 Å². The molecule has 1 aromatic heterocycles. The maximum atomic E-state index is 13.1. The summed E-state index contributed by atoms with van der Waals surface area (Å²) < 4.78 is 39.2. The number of hydrogen-bond acceptors (Lipinski definition) is 2. The van der Waals surface area contributed by atoms with Gasteiger partial charge in [0.15, 0.2) is 0 Å². The van der Waals surface area contributed by atoms with E-state index in [1.165, 1.54) is 12.4 Å². The zero-order chi connectivity index (χ0) is 14.4. The summed E-state index contributed by atoms with van der Waals surface area (Å²) in [5.74, 6) is 0.308. The topological polar surface area (TPSA) is 24.9 Å². The molecule has 1 aromatic rings. The molecular formula is C15H19F3N2. The van der Waals surface area contributed by atoms with Crippen LogP contribution in [-0.4, -0.2) is 23.7 Å². The van der Waals surface area contributed by atoms with Crippen LogP contribution in [0.5, 0.6) is 0 Å². The molecule has 110 valence electrons. The molecule has 1 N–H and O–H groups in total. The Morgan fingerprint density at radius 2 is 2.00 bits per heavy atom. The van der Waals surface area contributed by atoms with Gasteiger partial charge in [-0.1, -0.05) is 12.2 Å². The van der Waals surface area contributed by atoms with Crippen LogP contribution in [0.15, 0.2) is 36.7 Å². The fraction of sp³-hybridized carbons (Fsp3) is 0.533. The molecule has 0 radical (unpaired) electrons. The van der Waals surface area contributed by atoms with E-state index in [1.54, 1.807) is 12.1 Å². The molecule has 0 spiro atoms. The van der Waals surface area contributed by atoms with Crippen molar-refractivity contribution >= 4 is 0 Å². The summed E-state index contributed by atoms with van der Waals surface area (Å²) >= 11 is 0. The third kappa shape index (κ3) is 4.63. The molecule has 2 nitrogen and oxygen atoms in total. The van der Waals surface area contributed by atoms with Crippen LogP contribution in [0.3, 0.4) is 0 Å². The predicted octanol–water partition coefficient (Wildman–Crippen LogP) is 3.50. The lowest BCUT2D eigenvalue weighted by Gasteiger charge is -2.25. The highest BCUT2D eigenvalue weighted by Gasteiger charge is 2.39. The third-order valence-corrected chi connectivity index (χ3v) is 3.61. The van der Waals surface area contributed by atoms with Gasteiger partial charge >= 0.3 is 6.18 Å². The normalized spacial score (nSPS) is 20.9. The van der Waals surface area contributed by atoms with Crippen LogP contribution in [0.2, 0.25) is 0 Å². The molecule has 0 saturated carbocycles. The molecule has 0 bridgehead atoms. The SMILES string of the molecule is FC(F)(F)[C@H](Cc1ccncc1)NC[C@H]1CC=CCC1. The van der Waals surface area contributed by atoms with Gasteiger partial charge in [-0.05, 0) is 55.8 Å². The first-order valence-corrected chi connectivity index (χ1v) is 6.89. The van der Waals surface area contributed by atoms with E-state index in [2.05, 4.69) is 22.5 Å². The van der Waals surface area contributed by atoms with Gasteiger partial charge in [-0.25, -0.2) is 0 Å². The monoisotopic (exact) mass is 284 g/mol. The number of pyridine rings is 1. The van der Waals surface area contributed by atoms with Crippen LogP contribution in [0.1, 0.15) is 24.8 Å². The van der Waals surface area contributed by atoms with Crippen molar-refractivity contribution < 1.29 is 13.2 Å². The first kappa shape index (κ1) is 15.0. The molecule has 1 aliphatic rings. The molecule has 0 saturated heterocycles. The van der Waals surface area contributed by atoms with Crippen LogP contribution in [0.4, 0.5) is 13.2 Å². The van der Waals surface area contributed by atoms with Crippen molar-refractivity contribution in [2.45, 2.75) is 37.9 Å². The van der Waals surface area contributed by atoms with Gasteiger partial charge < -0.3 is 5.32 Å². The summed E-state index contributed by atoms with van der Waals surface area (Å²) in [6.45, 7) is 0.416. The number of alkyl halides is 3. The first-order chi connectivity index (χ1) is 9.55. The van der Waals surface area contributed by atoms with Gasteiger partial charge in [0.1, 0.15) is 6.04 Å². The number of nitrogens with one attached hydrogen (secondary N) is 1. The number of aromatic nitrogens is 1. The molecule has 0 aromatic carbocycles. The Bertz CT molecular complexity index is 428. The van der Waals surface area contributed by atoms with Crippen molar-refractivity contribution in [3.63, 3.8) is 0 Å². The van der Waals surface area contributed by atoms with Gasteiger partial charge in [-0.2, -0.15) is 13.2 Å². The number of halogens is 3. The Hall–Kier alpha value is -1.36. The summed E-state index contributed by atoms with van der Waals surface area (Å²) in [7, 11) is 0. The number of rotatable bonds is 5. The van der Waals surface area contributed by atoms with Gasteiger partial charge in [-0.15, -0.1) is 0 Å². The minimum Gasteiger partial charge on any atom is -0.306 e. The second kappa shape index (κ2) is 6.88. The largest absolute Gasteiger partial charge is 0.404 e. The molecule has 1 aliphatic carbocycles. The summed E-state index contributed by atoms with van der Waals surface area (Å²) in [5.41, 5.74) is 0.651. The fourth-order valence-electron chi connectivity index (χ4n) is 2.41. The van der Waals surface area contributed by atoms with E-state index in [0.29, 0.717) is 18.0 Å². The van der Waals surface area contributed by atoms with E-state index < -0.39 is 12.2 Å². The summed E-state index contributed by atoms with van der Waals surface area (Å²) in [5, 5.41) is 2.70. The Morgan fingerprint density at radius 3 is 2.60 bits per heavy atom. The summed E-state index contributed by atoms with van der Waals surface area (Å²) in [6.07, 6.45) is 5.71. The molecule has 0 fully saturated rings. The second-order valence-corrected chi connectivity index (χ2v) is 5.21. The van der Waals surface area contributed by atoms with Crippen LogP contribution in [0.25, 0.3) is 0 Å². The number of allylic oxidation sites excluding steroid dienone is 2. The van der Waals surface area contributed by atoms with Gasteiger partial charge in [0.25, 0.3) is 0 Å². The molecular weight excluding hydrogens is 265 g/mol. The number of hydrogen-bond donors (Lipinski definition) is 1. The molecule has 0 unspecified atom stereocenters. The Balaban J connectivity index is 1.92. The van der Waals surface area contributed by atoms with Crippen molar-refractivity contribution in [1.29, 1.82) is 0 Å². The third-order valence-electron chi connectivity index (χ3n) is 3.61.